The van der Waals surface area contributed by atoms with Crippen LogP contribution in [0.15, 0.2) is 0 Å². The lowest BCUT2D eigenvalue weighted by Gasteiger charge is -2.44. The summed E-state index contributed by atoms with van der Waals surface area (Å²) in [5, 5.41) is 9.35. The van der Waals surface area contributed by atoms with Gasteiger partial charge in [0.25, 0.3) is 0 Å². The predicted molar refractivity (Wildman–Crippen MR) is 69.3 cm³/mol. The first-order chi connectivity index (χ1) is 8.67. The molecular weight excluding hydrogens is 230 g/mol. The van der Waals surface area contributed by atoms with Crippen molar-refractivity contribution < 1.29 is 14.6 Å². The lowest BCUT2D eigenvalue weighted by molar-refractivity contribution is -0.153. The monoisotopic (exact) mass is 255 g/mol. The lowest BCUT2D eigenvalue weighted by Crippen LogP contribution is -2.44. The lowest BCUT2D eigenvalue weighted by atomic mass is 9.72. The van der Waals surface area contributed by atoms with Crippen LogP contribution in [0, 0.1) is 11.8 Å². The molecule has 0 aromatic carbocycles. The summed E-state index contributed by atoms with van der Waals surface area (Å²) >= 11 is 0. The van der Waals surface area contributed by atoms with E-state index in [1.807, 2.05) is 0 Å². The maximum Gasteiger partial charge on any atom is 0.306 e. The van der Waals surface area contributed by atoms with Crippen molar-refractivity contribution in [2.75, 3.05) is 13.2 Å². The quantitative estimate of drug-likeness (QED) is 0.807. The number of carbonyl (C=O) groups is 1. The van der Waals surface area contributed by atoms with Crippen LogP contribution in [0.2, 0.25) is 0 Å². The van der Waals surface area contributed by atoms with Gasteiger partial charge in [0.1, 0.15) is 0 Å². The van der Waals surface area contributed by atoms with Crippen molar-refractivity contribution in [2.24, 2.45) is 17.6 Å². The molecule has 2 rings (SSSR count). The van der Waals surface area contributed by atoms with Crippen molar-refractivity contribution in [3.05, 3.63) is 0 Å². The van der Waals surface area contributed by atoms with Crippen LogP contribution in [0.25, 0.3) is 0 Å². The highest BCUT2D eigenvalue weighted by atomic mass is 16.5. The number of hydrogen-bond acceptors (Lipinski definition) is 3. The van der Waals surface area contributed by atoms with Crippen LogP contribution in [0.5, 0.6) is 0 Å². The van der Waals surface area contributed by atoms with Crippen LogP contribution >= 0.6 is 0 Å². The fourth-order valence-corrected chi connectivity index (χ4v) is 3.69. The summed E-state index contributed by atoms with van der Waals surface area (Å²) in [7, 11) is 0. The standard InChI is InChI=1S/C14H25NO3/c15-8-4-12(13(16)17)11-5-9-18-14(10-11)6-2-1-3-7-14/h11-12H,1-10,15H2,(H,16,17). The van der Waals surface area contributed by atoms with E-state index in [0.29, 0.717) is 13.0 Å². The van der Waals surface area contributed by atoms with E-state index in [4.69, 9.17) is 10.5 Å². The van der Waals surface area contributed by atoms with Crippen LogP contribution < -0.4 is 5.73 Å². The highest BCUT2D eigenvalue weighted by Crippen LogP contribution is 2.43. The third kappa shape index (κ3) is 3.04. The molecular formula is C14H25NO3. The molecule has 0 bridgehead atoms. The smallest absolute Gasteiger partial charge is 0.306 e. The van der Waals surface area contributed by atoms with Gasteiger partial charge in [0, 0.05) is 6.61 Å². The van der Waals surface area contributed by atoms with Crippen molar-refractivity contribution in [3.8, 4) is 0 Å². The van der Waals surface area contributed by atoms with E-state index in [1.54, 1.807) is 0 Å². The zero-order valence-corrected chi connectivity index (χ0v) is 11.1. The molecule has 18 heavy (non-hydrogen) atoms. The van der Waals surface area contributed by atoms with Gasteiger partial charge in [-0.25, -0.2) is 0 Å². The third-order valence-electron chi connectivity index (χ3n) is 4.66. The Labute approximate surface area is 109 Å². The van der Waals surface area contributed by atoms with Crippen molar-refractivity contribution in [1.82, 2.24) is 0 Å². The Balaban J connectivity index is 2.02. The topological polar surface area (TPSA) is 72.6 Å². The molecule has 1 saturated heterocycles. The largest absolute Gasteiger partial charge is 0.481 e. The van der Waals surface area contributed by atoms with E-state index in [9.17, 15) is 9.90 Å². The molecule has 104 valence electrons. The fraction of sp³-hybridized carbons (Fsp3) is 0.929. The Hall–Kier alpha value is -0.610. The molecule has 0 amide bonds. The average Bonchev–Trinajstić information content (AvgIpc) is 2.36. The maximum absolute atomic E-state index is 11.4. The highest BCUT2D eigenvalue weighted by Gasteiger charge is 2.42. The zero-order chi connectivity index (χ0) is 13.0. The molecule has 1 heterocycles. The number of ether oxygens (including phenoxy) is 1. The molecule has 0 radical (unpaired) electrons. The van der Waals surface area contributed by atoms with Crippen LogP contribution in [0.4, 0.5) is 0 Å². The van der Waals surface area contributed by atoms with E-state index >= 15 is 0 Å². The summed E-state index contributed by atoms with van der Waals surface area (Å²) in [5.41, 5.74) is 5.54. The molecule has 1 spiro atoms. The number of rotatable bonds is 4. The summed E-state index contributed by atoms with van der Waals surface area (Å²) in [6.07, 6.45) is 8.35. The molecule has 2 atom stereocenters. The fourth-order valence-electron chi connectivity index (χ4n) is 3.69. The van der Waals surface area contributed by atoms with Crippen LogP contribution in [0.1, 0.15) is 51.4 Å². The minimum atomic E-state index is -0.682. The summed E-state index contributed by atoms with van der Waals surface area (Å²) in [5.74, 6) is -0.714. The molecule has 0 aromatic heterocycles. The molecule has 2 fully saturated rings. The minimum Gasteiger partial charge on any atom is -0.481 e. The summed E-state index contributed by atoms with van der Waals surface area (Å²) in [4.78, 5) is 11.4. The van der Waals surface area contributed by atoms with Crippen molar-refractivity contribution in [3.63, 3.8) is 0 Å². The van der Waals surface area contributed by atoms with E-state index in [1.165, 1.54) is 19.3 Å². The number of carboxylic acids is 1. The van der Waals surface area contributed by atoms with E-state index in [0.717, 1.165) is 32.3 Å². The first-order valence-electron chi connectivity index (χ1n) is 7.24. The van der Waals surface area contributed by atoms with Crippen molar-refractivity contribution in [1.29, 1.82) is 0 Å². The normalized spacial score (nSPS) is 29.1. The Bertz CT molecular complexity index is 281. The Kier molecular flexibility index (Phi) is 4.62. The Morgan fingerprint density at radius 1 is 1.39 bits per heavy atom. The van der Waals surface area contributed by atoms with Crippen LogP contribution in [-0.4, -0.2) is 29.8 Å². The highest BCUT2D eigenvalue weighted by molar-refractivity contribution is 5.70. The zero-order valence-electron chi connectivity index (χ0n) is 11.1. The van der Waals surface area contributed by atoms with Crippen molar-refractivity contribution in [2.45, 2.75) is 57.0 Å². The first kappa shape index (κ1) is 13.8. The molecule has 2 aliphatic rings. The first-order valence-corrected chi connectivity index (χ1v) is 7.24. The minimum absolute atomic E-state index is 0.0105. The number of hydrogen-bond donors (Lipinski definition) is 2. The molecule has 1 saturated carbocycles. The van der Waals surface area contributed by atoms with E-state index < -0.39 is 5.97 Å². The van der Waals surface area contributed by atoms with Gasteiger partial charge in [0.2, 0.25) is 0 Å². The van der Waals surface area contributed by atoms with Gasteiger partial charge in [-0.2, -0.15) is 0 Å². The number of aliphatic carboxylic acids is 1. The van der Waals surface area contributed by atoms with Gasteiger partial charge >= 0.3 is 5.97 Å². The second-order valence-corrected chi connectivity index (χ2v) is 5.87. The summed E-state index contributed by atoms with van der Waals surface area (Å²) < 4.78 is 6.02. The molecule has 3 N–H and O–H groups in total. The number of nitrogens with two attached hydrogens (primary N) is 1. The molecule has 0 aromatic rings. The van der Waals surface area contributed by atoms with Gasteiger partial charge in [0.05, 0.1) is 11.5 Å². The van der Waals surface area contributed by atoms with Crippen LogP contribution in [0.3, 0.4) is 0 Å². The van der Waals surface area contributed by atoms with Crippen molar-refractivity contribution >= 4 is 5.97 Å². The average molecular weight is 255 g/mol. The van der Waals surface area contributed by atoms with Gasteiger partial charge in [0.15, 0.2) is 0 Å². The van der Waals surface area contributed by atoms with Gasteiger partial charge in [-0.05, 0) is 44.6 Å². The third-order valence-corrected chi connectivity index (χ3v) is 4.66. The Morgan fingerprint density at radius 2 is 2.11 bits per heavy atom. The molecule has 1 aliphatic carbocycles. The van der Waals surface area contributed by atoms with Crippen LogP contribution in [-0.2, 0) is 9.53 Å². The Morgan fingerprint density at radius 3 is 2.72 bits per heavy atom. The molecule has 2 unspecified atom stereocenters. The molecule has 4 heteroatoms. The summed E-state index contributed by atoms with van der Waals surface area (Å²) in [6, 6.07) is 0. The van der Waals surface area contributed by atoms with E-state index in [2.05, 4.69) is 0 Å². The summed E-state index contributed by atoms with van der Waals surface area (Å²) in [6.45, 7) is 1.18. The molecule has 4 nitrogen and oxygen atoms in total. The molecule has 1 aliphatic heterocycles. The SMILES string of the molecule is NCCC(C(=O)O)C1CCOC2(CCCCC2)C1. The second kappa shape index (κ2) is 6.02. The maximum atomic E-state index is 11.4. The van der Waals surface area contributed by atoms with Gasteiger partial charge in [-0.3, -0.25) is 4.79 Å². The van der Waals surface area contributed by atoms with Gasteiger partial charge in [-0.15, -0.1) is 0 Å². The van der Waals surface area contributed by atoms with Gasteiger partial charge in [-0.1, -0.05) is 19.3 Å². The number of carboxylic acid groups (broad SMARTS) is 1. The second-order valence-electron chi connectivity index (χ2n) is 5.87. The van der Waals surface area contributed by atoms with E-state index in [-0.39, 0.29) is 17.4 Å². The predicted octanol–water partition coefficient (Wildman–Crippen LogP) is 2.17. The van der Waals surface area contributed by atoms with Gasteiger partial charge < -0.3 is 15.6 Å².